The topological polar surface area (TPSA) is 23.6 Å². The molecular formula is C19H27BrN2O. The third kappa shape index (κ3) is 4.80. The van der Waals surface area contributed by atoms with Crippen molar-refractivity contribution in [2.75, 3.05) is 26.2 Å². The number of carbonyl (C=O) groups is 1. The first-order valence-electron chi connectivity index (χ1n) is 8.98. The summed E-state index contributed by atoms with van der Waals surface area (Å²) in [6, 6.07) is 8.53. The molecule has 2 saturated heterocycles. The van der Waals surface area contributed by atoms with Gasteiger partial charge >= 0.3 is 0 Å². The molecule has 4 heteroatoms. The largest absolute Gasteiger partial charge is 0.342 e. The molecule has 2 fully saturated rings. The lowest BCUT2D eigenvalue weighted by molar-refractivity contribution is -0.137. The summed E-state index contributed by atoms with van der Waals surface area (Å²) in [4.78, 5) is 17.4. The summed E-state index contributed by atoms with van der Waals surface area (Å²) >= 11 is 3.49. The molecule has 126 valence electrons. The van der Waals surface area contributed by atoms with Gasteiger partial charge in [0.2, 0.25) is 5.91 Å². The number of hydrogen-bond donors (Lipinski definition) is 0. The van der Waals surface area contributed by atoms with Gasteiger partial charge in [0.05, 0.1) is 5.92 Å². The van der Waals surface area contributed by atoms with Crippen LogP contribution in [0.3, 0.4) is 0 Å². The van der Waals surface area contributed by atoms with E-state index in [1.807, 2.05) is 0 Å². The Morgan fingerprint density at radius 3 is 2.39 bits per heavy atom. The molecule has 1 aromatic rings. The van der Waals surface area contributed by atoms with Gasteiger partial charge in [0, 0.05) is 30.7 Å². The Hall–Kier alpha value is -0.870. The van der Waals surface area contributed by atoms with E-state index in [1.165, 1.54) is 31.2 Å². The van der Waals surface area contributed by atoms with E-state index in [9.17, 15) is 4.79 Å². The van der Waals surface area contributed by atoms with E-state index in [1.54, 1.807) is 0 Å². The average molecular weight is 379 g/mol. The molecule has 2 heterocycles. The van der Waals surface area contributed by atoms with E-state index in [0.717, 1.165) is 50.0 Å². The second-order valence-corrected chi connectivity index (χ2v) is 7.86. The van der Waals surface area contributed by atoms with Crippen molar-refractivity contribution in [3.63, 3.8) is 0 Å². The molecule has 0 aliphatic carbocycles. The number of nitrogens with zero attached hydrogens (tertiary/aromatic N) is 2. The molecule has 0 saturated carbocycles. The standard InChI is InChI=1S/C19H27BrN2O/c20-18-9-7-16(8-10-18)14-21-11-5-6-17(15-21)19(23)22-12-3-1-2-4-13-22/h7-10,17H,1-6,11-15H2. The van der Waals surface area contributed by atoms with Crippen molar-refractivity contribution in [1.29, 1.82) is 0 Å². The quantitative estimate of drug-likeness (QED) is 0.791. The molecule has 0 radical (unpaired) electrons. The van der Waals surface area contributed by atoms with Crippen molar-refractivity contribution in [2.45, 2.75) is 45.1 Å². The number of amides is 1. The Kier molecular flexibility index (Phi) is 6.12. The van der Waals surface area contributed by atoms with Crippen LogP contribution in [0.1, 0.15) is 44.1 Å². The zero-order chi connectivity index (χ0) is 16.1. The highest BCUT2D eigenvalue weighted by molar-refractivity contribution is 9.10. The van der Waals surface area contributed by atoms with Gasteiger partial charge in [0.15, 0.2) is 0 Å². The highest BCUT2D eigenvalue weighted by Gasteiger charge is 2.29. The summed E-state index contributed by atoms with van der Waals surface area (Å²) in [5.41, 5.74) is 1.33. The summed E-state index contributed by atoms with van der Waals surface area (Å²) in [7, 11) is 0. The van der Waals surface area contributed by atoms with Crippen LogP contribution in [0.2, 0.25) is 0 Å². The Bertz CT molecular complexity index is 509. The van der Waals surface area contributed by atoms with Crippen LogP contribution in [0, 0.1) is 5.92 Å². The third-order valence-corrected chi connectivity index (χ3v) is 5.62. The number of piperidine rings is 1. The maximum atomic E-state index is 12.8. The van der Waals surface area contributed by atoms with Crippen LogP contribution >= 0.6 is 15.9 Å². The Balaban J connectivity index is 1.56. The second-order valence-electron chi connectivity index (χ2n) is 6.94. The number of rotatable bonds is 3. The van der Waals surface area contributed by atoms with Crippen LogP contribution < -0.4 is 0 Å². The first kappa shape index (κ1) is 17.0. The number of likely N-dealkylation sites (tertiary alicyclic amines) is 2. The van der Waals surface area contributed by atoms with E-state index in [2.05, 4.69) is 50.0 Å². The number of hydrogen-bond acceptors (Lipinski definition) is 2. The number of halogens is 1. The van der Waals surface area contributed by atoms with Crippen molar-refractivity contribution in [2.24, 2.45) is 5.92 Å². The minimum Gasteiger partial charge on any atom is -0.342 e. The summed E-state index contributed by atoms with van der Waals surface area (Å²) in [5.74, 6) is 0.615. The van der Waals surface area contributed by atoms with Crippen LogP contribution in [-0.2, 0) is 11.3 Å². The van der Waals surface area contributed by atoms with Crippen LogP contribution in [0.15, 0.2) is 28.7 Å². The predicted molar refractivity (Wildman–Crippen MR) is 97.2 cm³/mol. The maximum Gasteiger partial charge on any atom is 0.226 e. The summed E-state index contributed by atoms with van der Waals surface area (Å²) < 4.78 is 1.12. The van der Waals surface area contributed by atoms with Crippen LogP contribution in [0.4, 0.5) is 0 Å². The van der Waals surface area contributed by atoms with E-state index < -0.39 is 0 Å². The lowest BCUT2D eigenvalue weighted by Crippen LogP contribution is -2.44. The molecule has 1 amide bonds. The molecule has 0 N–H and O–H groups in total. The molecule has 2 aliphatic heterocycles. The van der Waals surface area contributed by atoms with Gasteiger partial charge < -0.3 is 4.90 Å². The number of carbonyl (C=O) groups excluding carboxylic acids is 1. The van der Waals surface area contributed by atoms with E-state index in [0.29, 0.717) is 5.91 Å². The van der Waals surface area contributed by atoms with Crippen molar-refractivity contribution < 1.29 is 4.79 Å². The minimum absolute atomic E-state index is 0.206. The minimum atomic E-state index is 0.206. The van der Waals surface area contributed by atoms with Gasteiger partial charge in [-0.3, -0.25) is 9.69 Å². The van der Waals surface area contributed by atoms with Gasteiger partial charge in [-0.25, -0.2) is 0 Å². The smallest absolute Gasteiger partial charge is 0.226 e. The first-order valence-corrected chi connectivity index (χ1v) is 9.77. The van der Waals surface area contributed by atoms with E-state index >= 15 is 0 Å². The summed E-state index contributed by atoms with van der Waals surface area (Å²) in [6.45, 7) is 4.94. The van der Waals surface area contributed by atoms with Gasteiger partial charge in [-0.15, -0.1) is 0 Å². The predicted octanol–water partition coefficient (Wildman–Crippen LogP) is 4.06. The molecule has 3 nitrogen and oxygen atoms in total. The third-order valence-electron chi connectivity index (χ3n) is 5.09. The Labute approximate surface area is 148 Å². The molecule has 2 aliphatic rings. The lowest BCUT2D eigenvalue weighted by Gasteiger charge is -2.34. The fourth-order valence-electron chi connectivity index (χ4n) is 3.80. The van der Waals surface area contributed by atoms with Gasteiger partial charge in [-0.05, 0) is 49.9 Å². The van der Waals surface area contributed by atoms with Crippen LogP contribution in [-0.4, -0.2) is 41.9 Å². The zero-order valence-corrected chi connectivity index (χ0v) is 15.4. The van der Waals surface area contributed by atoms with Gasteiger partial charge in [-0.2, -0.15) is 0 Å². The molecule has 23 heavy (non-hydrogen) atoms. The highest BCUT2D eigenvalue weighted by Crippen LogP contribution is 2.22. The normalized spacial score (nSPS) is 23.5. The van der Waals surface area contributed by atoms with Crippen molar-refractivity contribution in [3.05, 3.63) is 34.3 Å². The van der Waals surface area contributed by atoms with Crippen LogP contribution in [0.5, 0.6) is 0 Å². The first-order chi connectivity index (χ1) is 11.2. The lowest BCUT2D eigenvalue weighted by atomic mass is 9.96. The average Bonchev–Trinajstić information content (AvgIpc) is 2.86. The SMILES string of the molecule is O=C(C1CCCN(Cc2ccc(Br)cc2)C1)N1CCCCCC1. The Morgan fingerprint density at radius 1 is 1.00 bits per heavy atom. The molecule has 3 rings (SSSR count). The van der Waals surface area contributed by atoms with Crippen molar-refractivity contribution >= 4 is 21.8 Å². The fraction of sp³-hybridized carbons (Fsp3) is 0.632. The molecular weight excluding hydrogens is 352 g/mol. The summed E-state index contributed by atoms with van der Waals surface area (Å²) in [6.07, 6.45) is 7.13. The van der Waals surface area contributed by atoms with Crippen molar-refractivity contribution in [1.82, 2.24) is 9.80 Å². The number of benzene rings is 1. The maximum absolute atomic E-state index is 12.8. The molecule has 1 atom stereocenters. The summed E-state index contributed by atoms with van der Waals surface area (Å²) in [5, 5.41) is 0. The van der Waals surface area contributed by atoms with E-state index in [4.69, 9.17) is 0 Å². The molecule has 1 unspecified atom stereocenters. The van der Waals surface area contributed by atoms with Gasteiger partial charge in [-0.1, -0.05) is 40.9 Å². The molecule has 0 bridgehead atoms. The van der Waals surface area contributed by atoms with Crippen LogP contribution in [0.25, 0.3) is 0 Å². The zero-order valence-electron chi connectivity index (χ0n) is 13.8. The molecule has 1 aromatic carbocycles. The monoisotopic (exact) mass is 378 g/mol. The fourth-order valence-corrected chi connectivity index (χ4v) is 4.06. The van der Waals surface area contributed by atoms with Gasteiger partial charge in [0.25, 0.3) is 0 Å². The molecule has 0 aromatic heterocycles. The van der Waals surface area contributed by atoms with E-state index in [-0.39, 0.29) is 5.92 Å². The second kappa shape index (κ2) is 8.29. The van der Waals surface area contributed by atoms with Gasteiger partial charge in [0.1, 0.15) is 0 Å². The van der Waals surface area contributed by atoms with Crippen molar-refractivity contribution in [3.8, 4) is 0 Å². The highest BCUT2D eigenvalue weighted by atomic mass is 79.9. The Morgan fingerprint density at radius 2 is 1.70 bits per heavy atom. The molecule has 0 spiro atoms.